The number of nitrogens with two attached hydrogens (primary N) is 1. The van der Waals surface area contributed by atoms with Crippen molar-refractivity contribution < 1.29 is 9.18 Å². The molecule has 0 saturated carbocycles. The van der Waals surface area contributed by atoms with Gasteiger partial charge in [-0.3, -0.25) is 4.79 Å². The number of hydrogen-bond donors (Lipinski definition) is 3. The van der Waals surface area contributed by atoms with E-state index < -0.39 is 11.7 Å². The number of nitrogens with one attached hydrogen (secondary N) is 2. The molecule has 1 aromatic rings. The Morgan fingerprint density at radius 1 is 1.61 bits per heavy atom. The largest absolute Gasteiger partial charge is 0.383 e. The van der Waals surface area contributed by atoms with E-state index in [2.05, 4.69) is 10.6 Å². The normalized spacial score (nSPS) is 18.9. The van der Waals surface area contributed by atoms with Gasteiger partial charge in [0.25, 0.3) is 0 Å². The molecule has 1 aliphatic heterocycles. The second kappa shape index (κ2) is 5.35. The van der Waals surface area contributed by atoms with Crippen LogP contribution in [0.3, 0.4) is 0 Å². The highest BCUT2D eigenvalue weighted by Gasteiger charge is 2.15. The van der Waals surface area contributed by atoms with Crippen molar-refractivity contribution in [3.05, 3.63) is 29.1 Å². The van der Waals surface area contributed by atoms with E-state index in [-0.39, 0.29) is 5.56 Å². The van der Waals surface area contributed by atoms with Crippen LogP contribution in [-0.2, 0) is 0 Å². The number of halogens is 1. The van der Waals surface area contributed by atoms with Crippen molar-refractivity contribution in [2.45, 2.75) is 25.8 Å². The fourth-order valence-corrected chi connectivity index (χ4v) is 2.17. The Labute approximate surface area is 106 Å². The second-order valence-electron chi connectivity index (χ2n) is 4.67. The molecule has 1 saturated heterocycles. The fourth-order valence-electron chi connectivity index (χ4n) is 2.17. The summed E-state index contributed by atoms with van der Waals surface area (Å²) in [6, 6.07) is 3.19. The predicted molar refractivity (Wildman–Crippen MR) is 69.2 cm³/mol. The van der Waals surface area contributed by atoms with Crippen molar-refractivity contribution in [3.8, 4) is 0 Å². The molecule has 1 aromatic carbocycles. The van der Waals surface area contributed by atoms with Gasteiger partial charge in [0.05, 0.1) is 0 Å². The predicted octanol–water partition coefficient (Wildman–Crippen LogP) is 1.40. The molecule has 1 atom stereocenters. The monoisotopic (exact) mass is 251 g/mol. The van der Waals surface area contributed by atoms with Crippen molar-refractivity contribution in [2.24, 2.45) is 5.73 Å². The lowest BCUT2D eigenvalue weighted by atomic mass is 10.1. The van der Waals surface area contributed by atoms with Crippen LogP contribution >= 0.6 is 0 Å². The first-order chi connectivity index (χ1) is 8.58. The van der Waals surface area contributed by atoms with E-state index in [0.29, 0.717) is 17.3 Å². The minimum Gasteiger partial charge on any atom is -0.383 e. The molecule has 2 rings (SSSR count). The summed E-state index contributed by atoms with van der Waals surface area (Å²) in [7, 11) is 0. The van der Waals surface area contributed by atoms with E-state index in [0.717, 1.165) is 19.5 Å². The molecule has 4 N–H and O–H groups in total. The molecule has 98 valence electrons. The number of hydrogen-bond acceptors (Lipinski definition) is 3. The standard InChI is InChI=1S/C13H18FN3O/c1-8-11(14)5-9(13(15)18)6-12(8)17-7-10-3-2-4-16-10/h5-6,10,16-17H,2-4,7H2,1H3,(H2,15,18). The number of amides is 1. The Morgan fingerprint density at radius 3 is 3.00 bits per heavy atom. The lowest BCUT2D eigenvalue weighted by Crippen LogP contribution is -2.29. The van der Waals surface area contributed by atoms with Crippen molar-refractivity contribution in [3.63, 3.8) is 0 Å². The number of rotatable bonds is 4. The van der Waals surface area contributed by atoms with Gasteiger partial charge in [0.15, 0.2) is 0 Å². The van der Waals surface area contributed by atoms with Gasteiger partial charge < -0.3 is 16.4 Å². The molecule has 4 nitrogen and oxygen atoms in total. The number of benzene rings is 1. The first kappa shape index (κ1) is 12.8. The van der Waals surface area contributed by atoms with Gasteiger partial charge in [-0.2, -0.15) is 0 Å². The zero-order valence-electron chi connectivity index (χ0n) is 10.4. The molecule has 1 heterocycles. The van der Waals surface area contributed by atoms with E-state index >= 15 is 0 Å². The van der Waals surface area contributed by atoms with Gasteiger partial charge in [0.1, 0.15) is 5.82 Å². The van der Waals surface area contributed by atoms with E-state index in [4.69, 9.17) is 5.73 Å². The highest BCUT2D eigenvalue weighted by molar-refractivity contribution is 5.94. The van der Waals surface area contributed by atoms with Crippen LogP contribution < -0.4 is 16.4 Å². The SMILES string of the molecule is Cc1c(F)cc(C(N)=O)cc1NCC1CCCN1. The zero-order chi connectivity index (χ0) is 13.1. The number of anilines is 1. The molecule has 0 aromatic heterocycles. The van der Waals surface area contributed by atoms with Crippen molar-refractivity contribution in [1.82, 2.24) is 5.32 Å². The summed E-state index contributed by atoms with van der Waals surface area (Å²) in [4.78, 5) is 11.1. The molecule has 1 aliphatic rings. The molecule has 1 amide bonds. The zero-order valence-corrected chi connectivity index (χ0v) is 10.4. The third-order valence-electron chi connectivity index (χ3n) is 3.33. The van der Waals surface area contributed by atoms with E-state index in [1.807, 2.05) is 0 Å². The van der Waals surface area contributed by atoms with Crippen molar-refractivity contribution >= 4 is 11.6 Å². The first-order valence-electron chi connectivity index (χ1n) is 6.15. The smallest absolute Gasteiger partial charge is 0.248 e. The van der Waals surface area contributed by atoms with Crippen LogP contribution in [-0.4, -0.2) is 25.0 Å². The van der Waals surface area contributed by atoms with E-state index in [1.165, 1.54) is 12.5 Å². The fraction of sp³-hybridized carbons (Fsp3) is 0.462. The lowest BCUT2D eigenvalue weighted by molar-refractivity contribution is 0.1000. The van der Waals surface area contributed by atoms with E-state index in [9.17, 15) is 9.18 Å². The van der Waals surface area contributed by atoms with Gasteiger partial charge in [0.2, 0.25) is 5.91 Å². The summed E-state index contributed by atoms with van der Waals surface area (Å²) in [6.07, 6.45) is 2.28. The van der Waals surface area contributed by atoms with Crippen LogP contribution in [0, 0.1) is 12.7 Å². The molecule has 0 bridgehead atoms. The van der Waals surface area contributed by atoms with Gasteiger partial charge >= 0.3 is 0 Å². The maximum absolute atomic E-state index is 13.6. The highest BCUT2D eigenvalue weighted by atomic mass is 19.1. The Bertz CT molecular complexity index is 456. The molecule has 1 unspecified atom stereocenters. The summed E-state index contributed by atoms with van der Waals surface area (Å²) in [5.41, 5.74) is 6.52. The molecule has 0 aliphatic carbocycles. The summed E-state index contributed by atoms with van der Waals surface area (Å²) in [5.74, 6) is -1.02. The van der Waals surface area contributed by atoms with Crippen LogP contribution in [0.15, 0.2) is 12.1 Å². The molecule has 0 radical (unpaired) electrons. The van der Waals surface area contributed by atoms with Gasteiger partial charge in [-0.05, 0) is 38.4 Å². The van der Waals surface area contributed by atoms with Gasteiger partial charge in [-0.25, -0.2) is 4.39 Å². The summed E-state index contributed by atoms with van der Waals surface area (Å²) >= 11 is 0. The molecule has 18 heavy (non-hydrogen) atoms. The molecular formula is C13H18FN3O. The number of primary amides is 1. The quantitative estimate of drug-likeness (QED) is 0.757. The van der Waals surface area contributed by atoms with Gasteiger partial charge in [-0.1, -0.05) is 0 Å². The van der Waals surface area contributed by atoms with E-state index in [1.54, 1.807) is 13.0 Å². The van der Waals surface area contributed by atoms with Crippen LogP contribution in [0.2, 0.25) is 0 Å². The lowest BCUT2D eigenvalue weighted by Gasteiger charge is -2.15. The minimum atomic E-state index is -0.615. The molecule has 5 heteroatoms. The second-order valence-corrected chi connectivity index (χ2v) is 4.67. The molecule has 1 fully saturated rings. The van der Waals surface area contributed by atoms with Crippen LogP contribution in [0.4, 0.5) is 10.1 Å². The van der Waals surface area contributed by atoms with Crippen LogP contribution in [0.5, 0.6) is 0 Å². The maximum Gasteiger partial charge on any atom is 0.248 e. The Kier molecular flexibility index (Phi) is 3.81. The average Bonchev–Trinajstić information content (AvgIpc) is 2.83. The highest BCUT2D eigenvalue weighted by Crippen LogP contribution is 2.21. The Balaban J connectivity index is 2.12. The Morgan fingerprint density at radius 2 is 2.39 bits per heavy atom. The third kappa shape index (κ3) is 2.79. The molecule has 0 spiro atoms. The molecular weight excluding hydrogens is 233 g/mol. The Hall–Kier alpha value is -1.62. The van der Waals surface area contributed by atoms with Crippen molar-refractivity contribution in [2.75, 3.05) is 18.4 Å². The topological polar surface area (TPSA) is 67.2 Å². The first-order valence-corrected chi connectivity index (χ1v) is 6.15. The van der Waals surface area contributed by atoms with Crippen LogP contribution in [0.25, 0.3) is 0 Å². The minimum absolute atomic E-state index is 0.194. The van der Waals surface area contributed by atoms with Gasteiger partial charge in [-0.15, -0.1) is 0 Å². The van der Waals surface area contributed by atoms with Crippen LogP contribution in [0.1, 0.15) is 28.8 Å². The number of carbonyl (C=O) groups is 1. The summed E-state index contributed by atoms with van der Waals surface area (Å²) in [6.45, 7) is 3.44. The summed E-state index contributed by atoms with van der Waals surface area (Å²) in [5, 5.41) is 6.53. The third-order valence-corrected chi connectivity index (χ3v) is 3.33. The van der Waals surface area contributed by atoms with Crippen molar-refractivity contribution in [1.29, 1.82) is 0 Å². The maximum atomic E-state index is 13.6. The average molecular weight is 251 g/mol. The number of carbonyl (C=O) groups excluding carboxylic acids is 1. The summed E-state index contributed by atoms with van der Waals surface area (Å²) < 4.78 is 13.6. The van der Waals surface area contributed by atoms with Gasteiger partial charge in [0, 0.05) is 29.4 Å².